The fourth-order valence-corrected chi connectivity index (χ4v) is 4.30. The smallest absolute Gasteiger partial charge is 0.348 e. The number of aromatic nitrogens is 1. The van der Waals surface area contributed by atoms with E-state index >= 15 is 0 Å². The molecule has 4 aromatic rings. The summed E-state index contributed by atoms with van der Waals surface area (Å²) in [5.41, 5.74) is 1.98. The topological polar surface area (TPSA) is 97.3 Å². The Bertz CT molecular complexity index is 1280. The Morgan fingerprint density at radius 2 is 2.03 bits per heavy atom. The van der Waals surface area contributed by atoms with Crippen LogP contribution in [-0.2, 0) is 16.1 Å². The molecule has 0 fully saturated rings. The fourth-order valence-electron chi connectivity index (χ4n) is 3.34. The molecule has 0 aliphatic heterocycles. The first-order chi connectivity index (χ1) is 15.0. The average Bonchev–Trinajstić information content (AvgIpc) is 3.48. The molecule has 4 rings (SSSR count). The molecule has 3 heterocycles. The number of fused-ring (bicyclic) bond motifs is 1. The van der Waals surface area contributed by atoms with Crippen LogP contribution in [0.2, 0.25) is 0 Å². The minimum atomic E-state index is -0.560. The average molecular weight is 433 g/mol. The number of anilines is 1. The second-order valence-corrected chi connectivity index (χ2v) is 8.07. The number of nitriles is 1. The second kappa shape index (κ2) is 8.50. The van der Waals surface area contributed by atoms with Crippen molar-refractivity contribution in [3.63, 3.8) is 0 Å². The van der Waals surface area contributed by atoms with E-state index in [0.29, 0.717) is 28.6 Å². The lowest BCUT2D eigenvalue weighted by molar-refractivity contribution is -0.119. The van der Waals surface area contributed by atoms with Gasteiger partial charge in [-0.2, -0.15) is 5.26 Å². The predicted molar refractivity (Wildman–Crippen MR) is 117 cm³/mol. The number of hydrogen-bond acceptors (Lipinski definition) is 6. The summed E-state index contributed by atoms with van der Waals surface area (Å²) in [7, 11) is 0. The van der Waals surface area contributed by atoms with Crippen molar-refractivity contribution in [3.05, 3.63) is 76.2 Å². The zero-order chi connectivity index (χ0) is 22.0. The minimum Gasteiger partial charge on any atom is -0.467 e. The van der Waals surface area contributed by atoms with Gasteiger partial charge in [0.2, 0.25) is 0 Å². The molecule has 0 unspecified atom stereocenters. The van der Waals surface area contributed by atoms with Crippen LogP contribution in [0.5, 0.6) is 0 Å². The van der Waals surface area contributed by atoms with Crippen LogP contribution in [0.4, 0.5) is 5.82 Å². The van der Waals surface area contributed by atoms with Crippen LogP contribution in [0.1, 0.15) is 32.3 Å². The summed E-state index contributed by atoms with van der Waals surface area (Å²) in [6, 6.07) is 15.1. The van der Waals surface area contributed by atoms with Crippen molar-refractivity contribution in [1.82, 2.24) is 4.57 Å². The zero-order valence-electron chi connectivity index (χ0n) is 17.0. The van der Waals surface area contributed by atoms with Crippen LogP contribution in [0.3, 0.4) is 0 Å². The molecule has 1 amide bonds. The number of nitrogens with one attached hydrogen (secondary N) is 1. The van der Waals surface area contributed by atoms with E-state index in [-0.39, 0.29) is 0 Å². The maximum absolute atomic E-state index is 12.5. The number of amides is 1. The van der Waals surface area contributed by atoms with Gasteiger partial charge in [0.05, 0.1) is 18.4 Å². The van der Waals surface area contributed by atoms with Gasteiger partial charge in [-0.1, -0.05) is 18.2 Å². The standard InChI is InChI=1S/C23H19N3O4S/c1-14-15(2)26(12-17-7-5-9-29-17)22(18(14)11-24)25-21(27)13-30-23(28)20-10-16-6-3-4-8-19(16)31-20/h3-10H,12-13H2,1-2H3,(H,25,27). The minimum absolute atomic E-state index is 0.358. The van der Waals surface area contributed by atoms with Crippen molar-refractivity contribution in [2.24, 2.45) is 0 Å². The normalized spacial score (nSPS) is 10.7. The Kier molecular flexibility index (Phi) is 5.60. The second-order valence-electron chi connectivity index (χ2n) is 6.98. The van der Waals surface area contributed by atoms with Crippen molar-refractivity contribution in [2.45, 2.75) is 20.4 Å². The number of carbonyl (C=O) groups excluding carboxylic acids is 2. The fraction of sp³-hybridized carbons (Fsp3) is 0.174. The summed E-state index contributed by atoms with van der Waals surface area (Å²) in [5.74, 6) is -0.0366. The highest BCUT2D eigenvalue weighted by atomic mass is 32.1. The van der Waals surface area contributed by atoms with Crippen LogP contribution in [0, 0.1) is 25.2 Å². The van der Waals surface area contributed by atoms with E-state index in [1.165, 1.54) is 11.3 Å². The molecule has 0 aliphatic rings. The largest absolute Gasteiger partial charge is 0.467 e. The lowest BCUT2D eigenvalue weighted by atomic mass is 10.2. The molecule has 1 aromatic carbocycles. The Morgan fingerprint density at radius 3 is 2.74 bits per heavy atom. The van der Waals surface area contributed by atoms with Crippen molar-refractivity contribution in [3.8, 4) is 6.07 Å². The summed E-state index contributed by atoms with van der Waals surface area (Å²) >= 11 is 1.31. The van der Waals surface area contributed by atoms with E-state index in [4.69, 9.17) is 9.15 Å². The molecule has 31 heavy (non-hydrogen) atoms. The molecule has 0 spiro atoms. The first kappa shape index (κ1) is 20.4. The van der Waals surface area contributed by atoms with Gasteiger partial charge in [-0.3, -0.25) is 4.79 Å². The number of hydrogen-bond donors (Lipinski definition) is 1. The summed E-state index contributed by atoms with van der Waals surface area (Å²) in [6.45, 7) is 3.60. The molecule has 0 radical (unpaired) electrons. The number of esters is 1. The maximum atomic E-state index is 12.5. The number of furan rings is 1. The van der Waals surface area contributed by atoms with Gasteiger partial charge in [0.25, 0.3) is 5.91 Å². The Balaban J connectivity index is 1.48. The number of thiophene rings is 1. The highest BCUT2D eigenvalue weighted by molar-refractivity contribution is 7.20. The number of rotatable bonds is 6. The van der Waals surface area contributed by atoms with Gasteiger partial charge < -0.3 is 19.0 Å². The molecular weight excluding hydrogens is 414 g/mol. The molecule has 0 saturated heterocycles. The summed E-state index contributed by atoms with van der Waals surface area (Å²) in [4.78, 5) is 25.3. The SMILES string of the molecule is Cc1c(C#N)c(NC(=O)COC(=O)c2cc3ccccc3s2)n(Cc2ccco2)c1C. The first-order valence-electron chi connectivity index (χ1n) is 9.55. The van der Waals surface area contributed by atoms with Gasteiger partial charge >= 0.3 is 5.97 Å². The highest BCUT2D eigenvalue weighted by Crippen LogP contribution is 2.28. The third kappa shape index (κ3) is 4.09. The van der Waals surface area contributed by atoms with Gasteiger partial charge in [-0.05, 0) is 49.1 Å². The molecule has 0 saturated carbocycles. The molecular formula is C23H19N3O4S. The number of carbonyl (C=O) groups is 2. The van der Waals surface area contributed by atoms with Crippen LogP contribution >= 0.6 is 11.3 Å². The quantitative estimate of drug-likeness (QED) is 0.447. The van der Waals surface area contributed by atoms with Crippen molar-refractivity contribution in [1.29, 1.82) is 5.26 Å². The van der Waals surface area contributed by atoms with E-state index in [9.17, 15) is 14.9 Å². The van der Waals surface area contributed by atoms with Gasteiger partial charge in [-0.15, -0.1) is 11.3 Å². The van der Waals surface area contributed by atoms with Crippen LogP contribution in [-0.4, -0.2) is 23.1 Å². The molecule has 0 aliphatic carbocycles. The van der Waals surface area contributed by atoms with Crippen molar-refractivity contribution >= 4 is 39.1 Å². The van der Waals surface area contributed by atoms with Gasteiger partial charge in [0.1, 0.15) is 22.5 Å². The highest BCUT2D eigenvalue weighted by Gasteiger charge is 2.21. The van der Waals surface area contributed by atoms with Crippen LogP contribution in [0.15, 0.2) is 53.1 Å². The van der Waals surface area contributed by atoms with Crippen LogP contribution < -0.4 is 5.32 Å². The Morgan fingerprint density at radius 1 is 1.23 bits per heavy atom. The van der Waals surface area contributed by atoms with Gasteiger partial charge in [0.15, 0.2) is 6.61 Å². The van der Waals surface area contributed by atoms with E-state index in [1.54, 1.807) is 23.0 Å². The number of benzene rings is 1. The first-order valence-corrected chi connectivity index (χ1v) is 10.4. The molecule has 1 N–H and O–H groups in total. The van der Waals surface area contributed by atoms with Crippen molar-refractivity contribution < 1.29 is 18.7 Å². The van der Waals surface area contributed by atoms with E-state index in [2.05, 4.69) is 11.4 Å². The van der Waals surface area contributed by atoms with Gasteiger partial charge in [0, 0.05) is 10.4 Å². The third-order valence-corrected chi connectivity index (χ3v) is 6.15. The summed E-state index contributed by atoms with van der Waals surface area (Å²) < 4.78 is 13.4. The Labute approximate surface area is 182 Å². The van der Waals surface area contributed by atoms with E-state index in [1.807, 2.05) is 44.2 Å². The lowest BCUT2D eigenvalue weighted by Gasteiger charge is -2.12. The Hall–Kier alpha value is -3.83. The summed E-state index contributed by atoms with van der Waals surface area (Å²) in [5, 5.41) is 13.3. The molecule has 156 valence electrons. The lowest BCUT2D eigenvalue weighted by Crippen LogP contribution is -2.23. The number of ether oxygens (including phenoxy) is 1. The predicted octanol–water partition coefficient (Wildman–Crippen LogP) is 4.63. The molecule has 7 nitrogen and oxygen atoms in total. The summed E-state index contributed by atoms with van der Waals surface area (Å²) in [6.07, 6.45) is 1.57. The van der Waals surface area contributed by atoms with Crippen molar-refractivity contribution in [2.75, 3.05) is 11.9 Å². The monoisotopic (exact) mass is 433 g/mol. The number of nitrogens with zero attached hydrogens (tertiary/aromatic N) is 2. The molecule has 3 aromatic heterocycles. The zero-order valence-corrected chi connectivity index (χ0v) is 17.8. The van der Waals surface area contributed by atoms with Gasteiger partial charge in [-0.25, -0.2) is 4.79 Å². The molecule has 0 atom stereocenters. The maximum Gasteiger partial charge on any atom is 0.348 e. The third-order valence-electron chi connectivity index (χ3n) is 5.05. The molecule has 8 heteroatoms. The molecule has 0 bridgehead atoms. The van der Waals surface area contributed by atoms with Crippen LogP contribution in [0.25, 0.3) is 10.1 Å². The van der Waals surface area contributed by atoms with E-state index in [0.717, 1.165) is 21.3 Å². The van der Waals surface area contributed by atoms with E-state index < -0.39 is 18.5 Å².